The Balaban J connectivity index is 2.73. The summed E-state index contributed by atoms with van der Waals surface area (Å²) in [6.45, 7) is 9.35. The zero-order valence-corrected chi connectivity index (χ0v) is 12.6. The van der Waals surface area contributed by atoms with E-state index in [0.717, 1.165) is 29.2 Å². The molecule has 0 heterocycles. The van der Waals surface area contributed by atoms with Crippen molar-refractivity contribution in [2.24, 2.45) is 5.92 Å². The monoisotopic (exact) mass is 269 g/mol. The number of nitrogens with one attached hydrogen (secondary N) is 1. The van der Waals surface area contributed by atoms with Crippen LogP contribution in [0, 0.1) is 18.7 Å². The van der Waals surface area contributed by atoms with Crippen molar-refractivity contribution in [3.8, 4) is 0 Å². The Bertz CT molecular complexity index is 366. The smallest absolute Gasteiger partial charge is 0.128 e. The highest BCUT2D eigenvalue weighted by molar-refractivity contribution is 7.99. The van der Waals surface area contributed by atoms with Gasteiger partial charge in [-0.05, 0) is 31.2 Å². The van der Waals surface area contributed by atoms with Gasteiger partial charge >= 0.3 is 0 Å². The molecule has 102 valence electrons. The van der Waals surface area contributed by atoms with Crippen LogP contribution in [0.5, 0.6) is 0 Å². The summed E-state index contributed by atoms with van der Waals surface area (Å²) in [4.78, 5) is 0. The van der Waals surface area contributed by atoms with E-state index in [4.69, 9.17) is 0 Å². The maximum Gasteiger partial charge on any atom is 0.128 e. The molecule has 0 amide bonds. The van der Waals surface area contributed by atoms with Gasteiger partial charge in [-0.3, -0.25) is 0 Å². The van der Waals surface area contributed by atoms with Gasteiger partial charge in [0.15, 0.2) is 0 Å². The maximum absolute atomic E-state index is 13.9. The molecule has 1 aromatic rings. The molecule has 1 unspecified atom stereocenters. The fourth-order valence-electron chi connectivity index (χ4n) is 1.86. The third kappa shape index (κ3) is 4.99. The molecule has 1 rings (SSSR count). The van der Waals surface area contributed by atoms with Crippen molar-refractivity contribution in [1.29, 1.82) is 0 Å². The standard InChI is InChI=1S/C15H24FNS/c1-5-17-15(10-18-9-11(2)3)13-8-12(4)6-7-14(13)16/h6-8,11,15,17H,5,9-10H2,1-4H3. The summed E-state index contributed by atoms with van der Waals surface area (Å²) in [7, 11) is 0. The second-order valence-corrected chi connectivity index (χ2v) is 6.14. The molecule has 0 spiro atoms. The lowest BCUT2D eigenvalue weighted by Crippen LogP contribution is -2.24. The van der Waals surface area contributed by atoms with E-state index in [1.807, 2.05) is 30.8 Å². The molecule has 1 N–H and O–H groups in total. The fourth-order valence-corrected chi connectivity index (χ4v) is 3.00. The largest absolute Gasteiger partial charge is 0.309 e. The van der Waals surface area contributed by atoms with Gasteiger partial charge in [0.05, 0.1) is 0 Å². The number of aryl methyl sites for hydroxylation is 1. The summed E-state index contributed by atoms with van der Waals surface area (Å²) in [5.74, 6) is 2.62. The van der Waals surface area contributed by atoms with Gasteiger partial charge in [-0.15, -0.1) is 0 Å². The number of benzene rings is 1. The number of halogens is 1. The van der Waals surface area contributed by atoms with E-state index in [-0.39, 0.29) is 11.9 Å². The van der Waals surface area contributed by atoms with Crippen molar-refractivity contribution < 1.29 is 4.39 Å². The highest BCUT2D eigenvalue weighted by atomic mass is 32.2. The summed E-state index contributed by atoms with van der Waals surface area (Å²) in [6, 6.07) is 5.46. The third-order valence-corrected chi connectivity index (χ3v) is 4.18. The molecule has 3 heteroatoms. The van der Waals surface area contributed by atoms with Crippen LogP contribution in [0.1, 0.15) is 37.9 Å². The minimum absolute atomic E-state index is 0.100. The summed E-state index contributed by atoms with van der Waals surface area (Å²) in [6.07, 6.45) is 0. The maximum atomic E-state index is 13.9. The van der Waals surface area contributed by atoms with E-state index in [9.17, 15) is 4.39 Å². The fraction of sp³-hybridized carbons (Fsp3) is 0.600. The van der Waals surface area contributed by atoms with E-state index < -0.39 is 0 Å². The first-order valence-electron chi connectivity index (χ1n) is 6.61. The van der Waals surface area contributed by atoms with Gasteiger partial charge < -0.3 is 5.32 Å². The molecule has 0 bridgehead atoms. The van der Waals surface area contributed by atoms with Crippen LogP contribution < -0.4 is 5.32 Å². The number of hydrogen-bond acceptors (Lipinski definition) is 2. The number of hydrogen-bond donors (Lipinski definition) is 1. The van der Waals surface area contributed by atoms with E-state index in [2.05, 4.69) is 26.1 Å². The van der Waals surface area contributed by atoms with Crippen molar-refractivity contribution in [3.05, 3.63) is 35.1 Å². The lowest BCUT2D eigenvalue weighted by Gasteiger charge is -2.19. The molecule has 0 saturated carbocycles. The summed E-state index contributed by atoms with van der Waals surface area (Å²) < 4.78 is 13.9. The summed E-state index contributed by atoms with van der Waals surface area (Å²) in [5, 5.41) is 3.38. The van der Waals surface area contributed by atoms with Gasteiger partial charge in [0.1, 0.15) is 5.82 Å². The van der Waals surface area contributed by atoms with E-state index >= 15 is 0 Å². The Kier molecular flexibility index (Phi) is 6.72. The second kappa shape index (κ2) is 7.80. The van der Waals surface area contributed by atoms with Crippen molar-refractivity contribution in [2.75, 3.05) is 18.1 Å². The Labute approximate surface area is 115 Å². The van der Waals surface area contributed by atoms with Crippen LogP contribution in [0.2, 0.25) is 0 Å². The Morgan fingerprint density at radius 3 is 2.61 bits per heavy atom. The normalized spacial score (nSPS) is 13.0. The van der Waals surface area contributed by atoms with E-state index in [1.54, 1.807) is 6.07 Å². The molecule has 0 aromatic heterocycles. The Morgan fingerprint density at radius 1 is 1.28 bits per heavy atom. The van der Waals surface area contributed by atoms with Gasteiger partial charge in [-0.2, -0.15) is 11.8 Å². The van der Waals surface area contributed by atoms with Crippen LogP contribution in [-0.4, -0.2) is 18.1 Å². The molecule has 0 saturated heterocycles. The number of rotatable bonds is 7. The summed E-state index contributed by atoms with van der Waals surface area (Å²) in [5.41, 5.74) is 1.91. The lowest BCUT2D eigenvalue weighted by atomic mass is 10.0. The average Bonchev–Trinajstić information content (AvgIpc) is 2.31. The van der Waals surface area contributed by atoms with Crippen LogP contribution in [0.25, 0.3) is 0 Å². The predicted octanol–water partition coefficient (Wildman–Crippen LogP) is 4.17. The topological polar surface area (TPSA) is 12.0 Å². The van der Waals surface area contributed by atoms with Crippen LogP contribution in [-0.2, 0) is 0 Å². The summed E-state index contributed by atoms with van der Waals surface area (Å²) >= 11 is 1.89. The zero-order valence-electron chi connectivity index (χ0n) is 11.8. The van der Waals surface area contributed by atoms with Gasteiger partial charge in [0.2, 0.25) is 0 Å². The van der Waals surface area contributed by atoms with Crippen LogP contribution in [0.4, 0.5) is 4.39 Å². The van der Waals surface area contributed by atoms with Gasteiger partial charge in [0, 0.05) is 17.4 Å². The van der Waals surface area contributed by atoms with Crippen LogP contribution in [0.3, 0.4) is 0 Å². The molecule has 0 radical (unpaired) electrons. The highest BCUT2D eigenvalue weighted by Crippen LogP contribution is 2.23. The minimum atomic E-state index is -0.100. The number of thioether (sulfide) groups is 1. The molecule has 0 aliphatic carbocycles. The van der Waals surface area contributed by atoms with Gasteiger partial charge in [-0.25, -0.2) is 4.39 Å². The predicted molar refractivity (Wildman–Crippen MR) is 79.7 cm³/mol. The first-order valence-corrected chi connectivity index (χ1v) is 7.77. The van der Waals surface area contributed by atoms with Crippen molar-refractivity contribution >= 4 is 11.8 Å². The second-order valence-electron chi connectivity index (χ2n) is 5.07. The van der Waals surface area contributed by atoms with Gasteiger partial charge in [-0.1, -0.05) is 38.5 Å². The minimum Gasteiger partial charge on any atom is -0.309 e. The highest BCUT2D eigenvalue weighted by Gasteiger charge is 2.15. The first kappa shape index (κ1) is 15.5. The lowest BCUT2D eigenvalue weighted by molar-refractivity contribution is 0.544. The Hall–Kier alpha value is -0.540. The van der Waals surface area contributed by atoms with Crippen LogP contribution >= 0.6 is 11.8 Å². The quantitative estimate of drug-likeness (QED) is 0.797. The Morgan fingerprint density at radius 2 is 2.00 bits per heavy atom. The molecule has 0 aliphatic rings. The molecular weight excluding hydrogens is 245 g/mol. The van der Waals surface area contributed by atoms with E-state index in [0.29, 0.717) is 5.92 Å². The van der Waals surface area contributed by atoms with Crippen molar-refractivity contribution in [3.63, 3.8) is 0 Å². The average molecular weight is 269 g/mol. The molecule has 0 aliphatic heterocycles. The molecule has 1 atom stereocenters. The molecule has 18 heavy (non-hydrogen) atoms. The first-order chi connectivity index (χ1) is 8.54. The van der Waals surface area contributed by atoms with Crippen LogP contribution in [0.15, 0.2) is 18.2 Å². The van der Waals surface area contributed by atoms with Gasteiger partial charge in [0.25, 0.3) is 0 Å². The van der Waals surface area contributed by atoms with Crippen molar-refractivity contribution in [2.45, 2.75) is 33.7 Å². The third-order valence-electron chi connectivity index (χ3n) is 2.71. The molecular formula is C15H24FNS. The molecule has 1 aromatic carbocycles. The van der Waals surface area contributed by atoms with Crippen molar-refractivity contribution in [1.82, 2.24) is 5.32 Å². The molecule has 1 nitrogen and oxygen atoms in total. The SMILES string of the molecule is CCNC(CSCC(C)C)c1cc(C)ccc1F. The van der Waals surface area contributed by atoms with E-state index in [1.165, 1.54) is 0 Å². The molecule has 0 fully saturated rings. The zero-order chi connectivity index (χ0) is 13.5.